The summed E-state index contributed by atoms with van der Waals surface area (Å²) in [5, 5.41) is 4.57. The first kappa shape index (κ1) is 16.8. The standard InChI is InChI=1S/C19H16ClN3O2/c1-25-18-8-6-17(7-9-18)23-11-10-14(13-23)12-21-22-19(24)15-2-4-16(20)5-3-15/h2-13H,1H3,(H,22,24)/b21-12-. The lowest BCUT2D eigenvalue weighted by atomic mass is 10.2. The first-order valence-electron chi connectivity index (χ1n) is 7.57. The highest BCUT2D eigenvalue weighted by Gasteiger charge is 2.03. The average molecular weight is 354 g/mol. The normalized spacial score (nSPS) is 10.8. The number of hydrogen-bond donors (Lipinski definition) is 1. The number of aromatic nitrogens is 1. The van der Waals surface area contributed by atoms with Crippen molar-refractivity contribution in [1.29, 1.82) is 0 Å². The van der Waals surface area contributed by atoms with Gasteiger partial charge < -0.3 is 9.30 Å². The van der Waals surface area contributed by atoms with Crippen molar-refractivity contribution >= 4 is 23.7 Å². The molecule has 0 saturated heterocycles. The maximum absolute atomic E-state index is 11.9. The summed E-state index contributed by atoms with van der Waals surface area (Å²) < 4.78 is 7.11. The summed E-state index contributed by atoms with van der Waals surface area (Å²) in [5.41, 5.74) is 4.86. The molecule has 0 spiro atoms. The number of hydrogen-bond acceptors (Lipinski definition) is 3. The Labute approximate surface area is 150 Å². The molecule has 1 N–H and O–H groups in total. The van der Waals surface area contributed by atoms with Crippen LogP contribution in [0.5, 0.6) is 5.75 Å². The molecule has 0 atom stereocenters. The third kappa shape index (κ3) is 4.28. The lowest BCUT2D eigenvalue weighted by Crippen LogP contribution is -2.17. The molecule has 0 aliphatic rings. The largest absolute Gasteiger partial charge is 0.497 e. The highest BCUT2D eigenvalue weighted by molar-refractivity contribution is 6.30. The van der Waals surface area contributed by atoms with E-state index in [9.17, 15) is 4.79 Å². The van der Waals surface area contributed by atoms with Crippen LogP contribution < -0.4 is 10.2 Å². The van der Waals surface area contributed by atoms with Crippen molar-refractivity contribution in [2.45, 2.75) is 0 Å². The first-order valence-corrected chi connectivity index (χ1v) is 7.95. The zero-order valence-corrected chi connectivity index (χ0v) is 14.3. The van der Waals surface area contributed by atoms with E-state index in [0.29, 0.717) is 10.6 Å². The van der Waals surface area contributed by atoms with E-state index < -0.39 is 0 Å². The minimum atomic E-state index is -0.289. The van der Waals surface area contributed by atoms with Gasteiger partial charge in [-0.3, -0.25) is 4.79 Å². The van der Waals surface area contributed by atoms with Gasteiger partial charge in [0.25, 0.3) is 5.91 Å². The van der Waals surface area contributed by atoms with Crippen LogP contribution in [0.15, 0.2) is 72.1 Å². The number of rotatable bonds is 5. The van der Waals surface area contributed by atoms with Gasteiger partial charge in [-0.1, -0.05) is 11.6 Å². The molecule has 5 nitrogen and oxygen atoms in total. The molecule has 1 heterocycles. The van der Waals surface area contributed by atoms with Gasteiger partial charge >= 0.3 is 0 Å². The van der Waals surface area contributed by atoms with E-state index in [1.807, 2.05) is 47.3 Å². The van der Waals surface area contributed by atoms with Crippen LogP contribution in [-0.2, 0) is 0 Å². The lowest BCUT2D eigenvalue weighted by molar-refractivity contribution is 0.0955. The zero-order valence-electron chi connectivity index (χ0n) is 13.5. The number of ether oxygens (including phenoxy) is 1. The zero-order chi connectivity index (χ0) is 17.6. The summed E-state index contributed by atoms with van der Waals surface area (Å²) in [6.45, 7) is 0. The molecule has 2 aromatic carbocycles. The summed E-state index contributed by atoms with van der Waals surface area (Å²) in [4.78, 5) is 11.9. The highest BCUT2D eigenvalue weighted by Crippen LogP contribution is 2.15. The van der Waals surface area contributed by atoms with E-state index in [2.05, 4.69) is 10.5 Å². The topological polar surface area (TPSA) is 55.6 Å². The van der Waals surface area contributed by atoms with Crippen LogP contribution >= 0.6 is 11.6 Å². The monoisotopic (exact) mass is 353 g/mol. The number of hydrazone groups is 1. The molecular weight excluding hydrogens is 338 g/mol. The summed E-state index contributed by atoms with van der Waals surface area (Å²) in [5.74, 6) is 0.519. The molecule has 1 aromatic heterocycles. The molecule has 0 saturated carbocycles. The Morgan fingerprint density at radius 2 is 1.84 bits per heavy atom. The Morgan fingerprint density at radius 3 is 2.52 bits per heavy atom. The summed E-state index contributed by atoms with van der Waals surface area (Å²) >= 11 is 5.80. The SMILES string of the molecule is COc1ccc(-n2ccc(/C=N\NC(=O)c3ccc(Cl)cc3)c2)cc1. The molecule has 0 radical (unpaired) electrons. The van der Waals surface area contributed by atoms with Crippen LogP contribution in [0.4, 0.5) is 0 Å². The summed E-state index contributed by atoms with van der Waals surface area (Å²) in [7, 11) is 1.64. The van der Waals surface area contributed by atoms with Crippen molar-refractivity contribution in [1.82, 2.24) is 9.99 Å². The maximum Gasteiger partial charge on any atom is 0.271 e. The van der Waals surface area contributed by atoms with Crippen molar-refractivity contribution in [3.63, 3.8) is 0 Å². The Morgan fingerprint density at radius 1 is 1.12 bits per heavy atom. The van der Waals surface area contributed by atoms with Crippen molar-refractivity contribution in [2.75, 3.05) is 7.11 Å². The number of nitrogens with one attached hydrogen (secondary N) is 1. The number of halogens is 1. The number of methoxy groups -OCH3 is 1. The molecular formula is C19H16ClN3O2. The predicted octanol–water partition coefficient (Wildman–Crippen LogP) is 3.90. The minimum Gasteiger partial charge on any atom is -0.497 e. The second-order valence-electron chi connectivity index (χ2n) is 5.26. The van der Waals surface area contributed by atoms with Crippen molar-refractivity contribution in [3.05, 3.63) is 83.1 Å². The second-order valence-corrected chi connectivity index (χ2v) is 5.69. The van der Waals surface area contributed by atoms with E-state index in [4.69, 9.17) is 16.3 Å². The lowest BCUT2D eigenvalue weighted by Gasteiger charge is -2.04. The molecule has 0 aliphatic carbocycles. The summed E-state index contributed by atoms with van der Waals surface area (Å²) in [6, 6.07) is 16.2. The van der Waals surface area contributed by atoms with Gasteiger partial charge in [0, 0.05) is 34.2 Å². The number of carbonyl (C=O) groups excluding carboxylic acids is 1. The summed E-state index contributed by atoms with van der Waals surface area (Å²) in [6.07, 6.45) is 5.43. The Hall–Kier alpha value is -3.05. The number of amides is 1. The van der Waals surface area contributed by atoms with E-state index in [1.54, 1.807) is 37.6 Å². The number of carbonyl (C=O) groups is 1. The smallest absolute Gasteiger partial charge is 0.271 e. The molecule has 0 fully saturated rings. The van der Waals surface area contributed by atoms with E-state index >= 15 is 0 Å². The van der Waals surface area contributed by atoms with Crippen LogP contribution in [0, 0.1) is 0 Å². The first-order chi connectivity index (χ1) is 12.2. The predicted molar refractivity (Wildman–Crippen MR) is 98.8 cm³/mol. The van der Waals surface area contributed by atoms with E-state index in [1.165, 1.54) is 0 Å². The van der Waals surface area contributed by atoms with Crippen molar-refractivity contribution in [2.24, 2.45) is 5.10 Å². The van der Waals surface area contributed by atoms with Gasteiger partial charge in [0.05, 0.1) is 13.3 Å². The van der Waals surface area contributed by atoms with Crippen LogP contribution in [-0.4, -0.2) is 23.8 Å². The fraction of sp³-hybridized carbons (Fsp3) is 0.0526. The average Bonchev–Trinajstić information content (AvgIpc) is 3.11. The van der Waals surface area contributed by atoms with Crippen LogP contribution in [0.3, 0.4) is 0 Å². The quantitative estimate of drug-likeness (QED) is 0.558. The van der Waals surface area contributed by atoms with Gasteiger partial charge in [-0.15, -0.1) is 0 Å². The van der Waals surface area contributed by atoms with Gasteiger partial charge in [-0.25, -0.2) is 5.43 Å². The molecule has 126 valence electrons. The molecule has 25 heavy (non-hydrogen) atoms. The van der Waals surface area contributed by atoms with Crippen LogP contribution in [0.1, 0.15) is 15.9 Å². The van der Waals surface area contributed by atoms with E-state index in [0.717, 1.165) is 17.0 Å². The van der Waals surface area contributed by atoms with E-state index in [-0.39, 0.29) is 5.91 Å². The van der Waals surface area contributed by atoms with Gasteiger partial charge in [-0.2, -0.15) is 5.10 Å². The molecule has 1 amide bonds. The second kappa shape index (κ2) is 7.68. The fourth-order valence-electron chi connectivity index (χ4n) is 2.24. The number of benzene rings is 2. The fourth-order valence-corrected chi connectivity index (χ4v) is 2.36. The van der Waals surface area contributed by atoms with Gasteiger partial charge in [0.1, 0.15) is 5.75 Å². The highest BCUT2D eigenvalue weighted by atomic mass is 35.5. The van der Waals surface area contributed by atoms with Gasteiger partial charge in [-0.05, 0) is 54.6 Å². The molecule has 6 heteroatoms. The Bertz CT molecular complexity index is 884. The van der Waals surface area contributed by atoms with Crippen LogP contribution in [0.25, 0.3) is 5.69 Å². The number of nitrogens with zero attached hydrogens (tertiary/aromatic N) is 2. The van der Waals surface area contributed by atoms with Gasteiger partial charge in [0.2, 0.25) is 0 Å². The maximum atomic E-state index is 11.9. The van der Waals surface area contributed by atoms with Crippen molar-refractivity contribution in [3.8, 4) is 11.4 Å². The molecule has 0 unspecified atom stereocenters. The molecule has 0 bridgehead atoms. The molecule has 0 aliphatic heterocycles. The van der Waals surface area contributed by atoms with Gasteiger partial charge in [0.15, 0.2) is 0 Å². The minimum absolute atomic E-state index is 0.289. The Balaban J connectivity index is 1.63. The molecule has 3 rings (SSSR count). The third-order valence-electron chi connectivity index (χ3n) is 3.57. The third-order valence-corrected chi connectivity index (χ3v) is 3.82. The van der Waals surface area contributed by atoms with Crippen molar-refractivity contribution < 1.29 is 9.53 Å². The molecule has 3 aromatic rings. The van der Waals surface area contributed by atoms with Crippen LogP contribution in [0.2, 0.25) is 5.02 Å². The Kier molecular flexibility index (Phi) is 5.16.